The number of nitrogens with one attached hydrogen (secondary N) is 2. The number of rotatable bonds is 6. The Morgan fingerprint density at radius 2 is 1.65 bits per heavy atom. The van der Waals surface area contributed by atoms with Gasteiger partial charge in [0.1, 0.15) is 11.4 Å². The first-order chi connectivity index (χ1) is 15.8. The number of nitrogens with zero attached hydrogens (tertiary/aromatic N) is 3. The fourth-order valence-corrected chi connectivity index (χ4v) is 4.59. The number of phenolic OH excluding ortho intramolecular Hbond substituents is 1. The van der Waals surface area contributed by atoms with Crippen LogP contribution < -0.4 is 21.8 Å². The topological polar surface area (TPSA) is 109 Å². The van der Waals surface area contributed by atoms with E-state index in [1.165, 1.54) is 34.4 Å². The highest BCUT2D eigenvalue weighted by atomic mass is 32.1. The number of aromatic hydroxyl groups is 1. The average Bonchev–Trinajstić information content (AvgIpc) is 3.29. The molecule has 0 spiro atoms. The lowest BCUT2D eigenvalue weighted by Crippen LogP contribution is -2.39. The van der Waals surface area contributed by atoms with Crippen LogP contribution in [0.4, 0.5) is 17.1 Å². The molecule has 182 valence electrons. The molecular formula is C24H31N5O4S. The monoisotopic (exact) mass is 485 g/mol. The second kappa shape index (κ2) is 9.38. The lowest BCUT2D eigenvalue weighted by molar-refractivity contribution is 0.0824. The number of benzene rings is 1. The van der Waals surface area contributed by atoms with Gasteiger partial charge in [-0.1, -0.05) is 32.9 Å². The fourth-order valence-electron chi connectivity index (χ4n) is 3.57. The largest absolute Gasteiger partial charge is 0.505 e. The van der Waals surface area contributed by atoms with Crippen molar-refractivity contribution in [2.45, 2.75) is 26.8 Å². The van der Waals surface area contributed by atoms with E-state index in [-0.39, 0.29) is 45.7 Å². The predicted octanol–water partition coefficient (Wildman–Crippen LogP) is 3.50. The maximum Gasteiger partial charge on any atom is 0.290 e. The van der Waals surface area contributed by atoms with Gasteiger partial charge in [0.25, 0.3) is 17.0 Å². The maximum absolute atomic E-state index is 13.3. The number of carbonyl (C=O) groups is 1. The molecule has 1 amide bonds. The highest BCUT2D eigenvalue weighted by molar-refractivity contribution is 7.10. The average molecular weight is 486 g/mol. The molecule has 0 aliphatic heterocycles. The summed E-state index contributed by atoms with van der Waals surface area (Å²) in [7, 11) is 6.17. The Kier molecular flexibility index (Phi) is 6.92. The number of para-hydroxylation sites is 1. The lowest BCUT2D eigenvalue weighted by Gasteiger charge is -2.32. The summed E-state index contributed by atoms with van der Waals surface area (Å²) in [6.07, 6.45) is 0. The minimum absolute atomic E-state index is 0.0128. The Morgan fingerprint density at radius 1 is 1.03 bits per heavy atom. The zero-order valence-electron chi connectivity index (χ0n) is 20.5. The molecule has 3 N–H and O–H groups in total. The van der Waals surface area contributed by atoms with Crippen molar-refractivity contribution in [3.05, 3.63) is 66.9 Å². The first kappa shape index (κ1) is 25.1. The summed E-state index contributed by atoms with van der Waals surface area (Å²) in [5, 5.41) is 19.0. The van der Waals surface area contributed by atoms with Crippen molar-refractivity contribution in [2.75, 3.05) is 24.7 Å². The molecule has 3 rings (SSSR count). The summed E-state index contributed by atoms with van der Waals surface area (Å²) in [5.41, 5.74) is -0.860. The van der Waals surface area contributed by atoms with Gasteiger partial charge in [-0.05, 0) is 29.0 Å². The first-order valence-electron chi connectivity index (χ1n) is 10.8. The molecule has 0 aliphatic carbocycles. The van der Waals surface area contributed by atoms with Crippen LogP contribution >= 0.6 is 11.3 Å². The van der Waals surface area contributed by atoms with E-state index in [9.17, 15) is 19.5 Å². The van der Waals surface area contributed by atoms with Crippen LogP contribution in [0, 0.1) is 5.41 Å². The van der Waals surface area contributed by atoms with Gasteiger partial charge in [0.05, 0.1) is 17.3 Å². The van der Waals surface area contributed by atoms with E-state index >= 15 is 0 Å². The molecule has 10 heteroatoms. The van der Waals surface area contributed by atoms with Crippen molar-refractivity contribution in [1.82, 2.24) is 14.3 Å². The number of hydrogen-bond donors (Lipinski definition) is 3. The lowest BCUT2D eigenvalue weighted by atomic mass is 9.85. The van der Waals surface area contributed by atoms with Crippen LogP contribution in [0.5, 0.6) is 5.75 Å². The van der Waals surface area contributed by atoms with Gasteiger partial charge in [-0.3, -0.25) is 14.4 Å². The van der Waals surface area contributed by atoms with Crippen molar-refractivity contribution in [2.24, 2.45) is 19.5 Å². The van der Waals surface area contributed by atoms with E-state index in [0.717, 1.165) is 4.88 Å². The van der Waals surface area contributed by atoms with E-state index in [0.29, 0.717) is 0 Å². The summed E-state index contributed by atoms with van der Waals surface area (Å²) in [5.74, 6) is -0.692. The first-order valence-corrected chi connectivity index (χ1v) is 11.6. The van der Waals surface area contributed by atoms with Crippen LogP contribution in [0.1, 0.15) is 42.0 Å². The van der Waals surface area contributed by atoms with Crippen LogP contribution in [-0.4, -0.2) is 39.4 Å². The van der Waals surface area contributed by atoms with Gasteiger partial charge in [0.2, 0.25) is 0 Å². The molecule has 1 aromatic carbocycles. The molecule has 2 heterocycles. The van der Waals surface area contributed by atoms with Crippen LogP contribution in [0.3, 0.4) is 0 Å². The standard InChI is InChI=1S/C24H31N5O4S/c1-24(2,3)20(16-12-9-13-34-16)26-18-17(22(32)28(6)29(7)23(18)33)25-15-11-8-10-14(19(15)30)21(31)27(4)5/h8-13,20,25-26,30H,1-7H3/t20-/m0/s1. The minimum Gasteiger partial charge on any atom is -0.505 e. The van der Waals surface area contributed by atoms with E-state index in [1.54, 1.807) is 37.6 Å². The summed E-state index contributed by atoms with van der Waals surface area (Å²) < 4.78 is 2.43. The molecule has 1 atom stereocenters. The van der Waals surface area contributed by atoms with E-state index < -0.39 is 11.1 Å². The third kappa shape index (κ3) is 4.72. The molecule has 0 saturated carbocycles. The molecule has 0 aliphatic rings. The molecule has 0 unspecified atom stereocenters. The van der Waals surface area contributed by atoms with Crippen LogP contribution in [0.15, 0.2) is 45.3 Å². The molecule has 3 aromatic rings. The molecule has 2 aromatic heterocycles. The Balaban J connectivity index is 2.18. The molecule has 0 fully saturated rings. The van der Waals surface area contributed by atoms with E-state index in [1.807, 2.05) is 38.3 Å². The summed E-state index contributed by atoms with van der Waals surface area (Å²) >= 11 is 1.56. The highest BCUT2D eigenvalue weighted by Crippen LogP contribution is 2.39. The second-order valence-corrected chi connectivity index (χ2v) is 10.4. The minimum atomic E-state index is -0.466. The number of anilines is 3. The van der Waals surface area contributed by atoms with Crippen molar-refractivity contribution in [3.63, 3.8) is 0 Å². The normalized spacial score (nSPS) is 12.3. The molecule has 0 radical (unpaired) electrons. The smallest absolute Gasteiger partial charge is 0.290 e. The van der Waals surface area contributed by atoms with Gasteiger partial charge in [0.15, 0.2) is 5.75 Å². The summed E-state index contributed by atoms with van der Waals surface area (Å²) in [6.45, 7) is 6.14. The van der Waals surface area contributed by atoms with Crippen LogP contribution in [0.2, 0.25) is 0 Å². The highest BCUT2D eigenvalue weighted by Gasteiger charge is 2.30. The van der Waals surface area contributed by atoms with Crippen molar-refractivity contribution >= 4 is 34.3 Å². The molecular weight excluding hydrogens is 454 g/mol. The van der Waals surface area contributed by atoms with E-state index in [4.69, 9.17) is 0 Å². The second-order valence-electron chi connectivity index (χ2n) is 9.39. The van der Waals surface area contributed by atoms with Crippen LogP contribution in [-0.2, 0) is 14.1 Å². The summed E-state index contributed by atoms with van der Waals surface area (Å²) in [6, 6.07) is 8.30. The number of phenols is 1. The van der Waals surface area contributed by atoms with Gasteiger partial charge >= 0.3 is 0 Å². The zero-order valence-corrected chi connectivity index (χ0v) is 21.3. The Labute approximate surface area is 202 Å². The van der Waals surface area contributed by atoms with Gasteiger partial charge in [-0.25, -0.2) is 9.36 Å². The van der Waals surface area contributed by atoms with E-state index in [2.05, 4.69) is 10.6 Å². The van der Waals surface area contributed by atoms with Gasteiger partial charge in [0, 0.05) is 33.1 Å². The predicted molar refractivity (Wildman–Crippen MR) is 136 cm³/mol. The Hall–Kier alpha value is -3.53. The molecule has 0 saturated heterocycles. The molecule has 34 heavy (non-hydrogen) atoms. The zero-order chi connectivity index (χ0) is 25.4. The van der Waals surface area contributed by atoms with Crippen LogP contribution in [0.25, 0.3) is 0 Å². The number of hydrogen-bond acceptors (Lipinski definition) is 7. The molecule has 0 bridgehead atoms. The van der Waals surface area contributed by atoms with Crippen molar-refractivity contribution in [3.8, 4) is 5.75 Å². The Bertz CT molecular complexity index is 1320. The van der Waals surface area contributed by atoms with Crippen molar-refractivity contribution < 1.29 is 9.90 Å². The van der Waals surface area contributed by atoms with Gasteiger partial charge < -0.3 is 20.6 Å². The van der Waals surface area contributed by atoms with Crippen molar-refractivity contribution in [1.29, 1.82) is 0 Å². The third-order valence-electron chi connectivity index (χ3n) is 5.63. The number of amides is 1. The number of aromatic nitrogens is 2. The number of thiophene rings is 1. The molecule has 9 nitrogen and oxygen atoms in total. The van der Waals surface area contributed by atoms with Gasteiger partial charge in [-0.15, -0.1) is 11.3 Å². The summed E-state index contributed by atoms with van der Waals surface area (Å²) in [4.78, 5) is 41.4. The fraction of sp³-hybridized carbons (Fsp3) is 0.375. The quantitative estimate of drug-likeness (QED) is 0.461. The number of carbonyl (C=O) groups excluding carboxylic acids is 1. The third-order valence-corrected chi connectivity index (χ3v) is 6.57. The Morgan fingerprint density at radius 3 is 2.18 bits per heavy atom. The van der Waals surface area contributed by atoms with Gasteiger partial charge in [-0.2, -0.15) is 0 Å². The maximum atomic E-state index is 13.3. The SMILES string of the molecule is CN(C)C(=O)c1cccc(Nc2c(N[C@@H](c3cccs3)C(C)(C)C)c(=O)n(C)n(C)c2=O)c1O.